The second-order valence-electron chi connectivity index (χ2n) is 4.11. The van der Waals surface area contributed by atoms with E-state index in [2.05, 4.69) is 30.9 Å². The van der Waals surface area contributed by atoms with Crippen LogP contribution in [0.2, 0.25) is 0 Å². The van der Waals surface area contributed by atoms with E-state index in [1.165, 1.54) is 0 Å². The van der Waals surface area contributed by atoms with Crippen LogP contribution in [0.5, 0.6) is 6.01 Å². The van der Waals surface area contributed by atoms with Gasteiger partial charge in [-0.1, -0.05) is 6.92 Å². The Morgan fingerprint density at radius 2 is 1.95 bits per heavy atom. The van der Waals surface area contributed by atoms with E-state index in [0.29, 0.717) is 18.5 Å². The minimum Gasteiger partial charge on any atom is -0.464 e. The van der Waals surface area contributed by atoms with Crippen molar-refractivity contribution in [1.29, 1.82) is 0 Å². The van der Waals surface area contributed by atoms with Gasteiger partial charge in [0, 0.05) is 13.6 Å². The second-order valence-corrected chi connectivity index (χ2v) is 4.11. The number of likely N-dealkylation sites (N-methyl/N-ethyl adjacent to an activating group) is 1. The third kappa shape index (κ3) is 4.87. The van der Waals surface area contributed by atoms with Gasteiger partial charge in [-0.2, -0.15) is 15.0 Å². The van der Waals surface area contributed by atoms with E-state index in [-0.39, 0.29) is 11.9 Å². The molecule has 0 aliphatic carbocycles. The zero-order valence-electron chi connectivity index (χ0n) is 12.4. The fourth-order valence-electron chi connectivity index (χ4n) is 1.41. The van der Waals surface area contributed by atoms with E-state index in [1.807, 2.05) is 13.8 Å². The van der Waals surface area contributed by atoms with Gasteiger partial charge in [0.15, 0.2) is 0 Å². The molecule has 0 saturated heterocycles. The SMILES string of the molecule is CCCNc1nc(NC(C)C(=O)NC)nc(OCC)n1. The summed E-state index contributed by atoms with van der Waals surface area (Å²) in [5, 5.41) is 8.54. The maximum atomic E-state index is 11.5. The number of rotatable bonds is 8. The zero-order valence-corrected chi connectivity index (χ0v) is 12.4. The molecule has 1 atom stereocenters. The number of anilines is 2. The monoisotopic (exact) mass is 282 g/mol. The molecule has 0 radical (unpaired) electrons. The van der Waals surface area contributed by atoms with Crippen molar-refractivity contribution < 1.29 is 9.53 Å². The number of hydrogen-bond donors (Lipinski definition) is 3. The molecule has 8 nitrogen and oxygen atoms in total. The Kier molecular flexibility index (Phi) is 6.48. The summed E-state index contributed by atoms with van der Waals surface area (Å²) >= 11 is 0. The number of amides is 1. The van der Waals surface area contributed by atoms with Gasteiger partial charge in [0.25, 0.3) is 0 Å². The fourth-order valence-corrected chi connectivity index (χ4v) is 1.41. The highest BCUT2D eigenvalue weighted by molar-refractivity contribution is 5.83. The molecule has 0 spiro atoms. The molecule has 20 heavy (non-hydrogen) atoms. The first-order valence-electron chi connectivity index (χ1n) is 6.71. The lowest BCUT2D eigenvalue weighted by Gasteiger charge is -2.13. The Balaban J connectivity index is 2.87. The van der Waals surface area contributed by atoms with Crippen LogP contribution in [0.25, 0.3) is 0 Å². The number of nitrogens with one attached hydrogen (secondary N) is 3. The summed E-state index contributed by atoms with van der Waals surface area (Å²) in [4.78, 5) is 23.9. The minimum atomic E-state index is -0.448. The molecular weight excluding hydrogens is 260 g/mol. The Bertz CT molecular complexity index is 440. The van der Waals surface area contributed by atoms with Crippen molar-refractivity contribution in [3.63, 3.8) is 0 Å². The lowest BCUT2D eigenvalue weighted by Crippen LogP contribution is -2.35. The summed E-state index contributed by atoms with van der Waals surface area (Å²) in [6.07, 6.45) is 0.951. The fraction of sp³-hybridized carbons (Fsp3) is 0.667. The lowest BCUT2D eigenvalue weighted by molar-refractivity contribution is -0.121. The predicted molar refractivity (Wildman–Crippen MR) is 76.9 cm³/mol. The molecule has 1 rings (SSSR count). The summed E-state index contributed by atoms with van der Waals surface area (Å²) < 4.78 is 5.29. The summed E-state index contributed by atoms with van der Waals surface area (Å²) in [6, 6.07) is -0.219. The Morgan fingerprint density at radius 3 is 2.55 bits per heavy atom. The molecule has 0 aliphatic heterocycles. The largest absolute Gasteiger partial charge is 0.464 e. The maximum Gasteiger partial charge on any atom is 0.323 e. The number of nitrogens with zero attached hydrogens (tertiary/aromatic N) is 3. The van der Waals surface area contributed by atoms with Crippen molar-refractivity contribution in [2.75, 3.05) is 30.8 Å². The van der Waals surface area contributed by atoms with Gasteiger partial charge in [0.05, 0.1) is 6.61 Å². The first-order valence-corrected chi connectivity index (χ1v) is 6.71. The Hall–Kier alpha value is -2.12. The van der Waals surface area contributed by atoms with Crippen LogP contribution in [0.15, 0.2) is 0 Å². The third-order valence-electron chi connectivity index (χ3n) is 2.41. The highest BCUT2D eigenvalue weighted by Gasteiger charge is 2.14. The molecule has 1 heterocycles. The van der Waals surface area contributed by atoms with Crippen molar-refractivity contribution in [3.8, 4) is 6.01 Å². The molecule has 8 heteroatoms. The normalized spacial score (nSPS) is 11.6. The van der Waals surface area contributed by atoms with Gasteiger partial charge in [-0.05, 0) is 20.3 Å². The van der Waals surface area contributed by atoms with Crippen molar-refractivity contribution in [2.45, 2.75) is 33.2 Å². The van der Waals surface area contributed by atoms with E-state index < -0.39 is 6.04 Å². The van der Waals surface area contributed by atoms with Crippen LogP contribution in [0.1, 0.15) is 27.2 Å². The van der Waals surface area contributed by atoms with Gasteiger partial charge in [0.1, 0.15) is 6.04 Å². The van der Waals surface area contributed by atoms with Crippen LogP contribution in [-0.4, -0.2) is 47.1 Å². The van der Waals surface area contributed by atoms with Crippen molar-refractivity contribution in [2.24, 2.45) is 0 Å². The Labute approximate surface area is 118 Å². The molecule has 3 N–H and O–H groups in total. The first-order chi connectivity index (χ1) is 9.60. The van der Waals surface area contributed by atoms with Gasteiger partial charge in [-0.25, -0.2) is 0 Å². The van der Waals surface area contributed by atoms with Crippen LogP contribution < -0.4 is 20.7 Å². The molecule has 1 unspecified atom stereocenters. The van der Waals surface area contributed by atoms with E-state index in [1.54, 1.807) is 14.0 Å². The van der Waals surface area contributed by atoms with Gasteiger partial charge in [0.2, 0.25) is 17.8 Å². The van der Waals surface area contributed by atoms with Crippen LogP contribution in [0.3, 0.4) is 0 Å². The summed E-state index contributed by atoms with van der Waals surface area (Å²) in [5.74, 6) is 0.585. The van der Waals surface area contributed by atoms with Crippen molar-refractivity contribution in [1.82, 2.24) is 20.3 Å². The maximum absolute atomic E-state index is 11.5. The molecule has 0 fully saturated rings. The first kappa shape index (κ1) is 15.9. The molecule has 1 aromatic rings. The number of hydrogen-bond acceptors (Lipinski definition) is 7. The minimum absolute atomic E-state index is 0.147. The number of carbonyl (C=O) groups excluding carboxylic acids is 1. The van der Waals surface area contributed by atoms with Crippen LogP contribution >= 0.6 is 0 Å². The number of aromatic nitrogens is 3. The molecule has 112 valence electrons. The highest BCUT2D eigenvalue weighted by atomic mass is 16.5. The second kappa shape index (κ2) is 8.13. The highest BCUT2D eigenvalue weighted by Crippen LogP contribution is 2.12. The summed E-state index contributed by atoms with van der Waals surface area (Å²) in [6.45, 7) is 6.83. The molecule has 0 bridgehead atoms. The molecule has 0 aromatic carbocycles. The molecular formula is C12H22N6O2. The molecule has 0 aliphatic rings. The third-order valence-corrected chi connectivity index (χ3v) is 2.41. The van der Waals surface area contributed by atoms with E-state index >= 15 is 0 Å². The molecule has 0 saturated carbocycles. The summed E-state index contributed by atoms with van der Waals surface area (Å²) in [7, 11) is 1.58. The predicted octanol–water partition coefficient (Wildman–Crippen LogP) is 0.639. The average molecular weight is 282 g/mol. The Morgan fingerprint density at radius 1 is 1.25 bits per heavy atom. The van der Waals surface area contributed by atoms with E-state index in [0.717, 1.165) is 13.0 Å². The van der Waals surface area contributed by atoms with Gasteiger partial charge in [-0.15, -0.1) is 0 Å². The smallest absolute Gasteiger partial charge is 0.323 e. The van der Waals surface area contributed by atoms with Crippen molar-refractivity contribution >= 4 is 17.8 Å². The van der Waals surface area contributed by atoms with Gasteiger partial charge >= 0.3 is 6.01 Å². The average Bonchev–Trinajstić information content (AvgIpc) is 2.44. The summed E-state index contributed by atoms with van der Waals surface area (Å²) in [5.41, 5.74) is 0. The van der Waals surface area contributed by atoms with Crippen LogP contribution in [0, 0.1) is 0 Å². The van der Waals surface area contributed by atoms with Gasteiger partial charge < -0.3 is 20.7 Å². The quantitative estimate of drug-likeness (QED) is 0.643. The molecule has 1 amide bonds. The van der Waals surface area contributed by atoms with Crippen LogP contribution in [-0.2, 0) is 4.79 Å². The van der Waals surface area contributed by atoms with Crippen LogP contribution in [0.4, 0.5) is 11.9 Å². The molecule has 1 aromatic heterocycles. The van der Waals surface area contributed by atoms with E-state index in [4.69, 9.17) is 4.74 Å². The number of carbonyl (C=O) groups is 1. The topological polar surface area (TPSA) is 101 Å². The zero-order chi connectivity index (χ0) is 15.0. The van der Waals surface area contributed by atoms with Gasteiger partial charge in [-0.3, -0.25) is 4.79 Å². The van der Waals surface area contributed by atoms with Crippen molar-refractivity contribution in [3.05, 3.63) is 0 Å². The lowest BCUT2D eigenvalue weighted by atomic mass is 10.3. The van der Waals surface area contributed by atoms with E-state index in [9.17, 15) is 4.79 Å². The number of ether oxygens (including phenoxy) is 1. The standard InChI is InChI=1S/C12H22N6O2/c1-5-7-14-10-16-11(15-8(3)9(19)13-4)18-12(17-10)20-6-2/h8H,5-7H2,1-4H3,(H,13,19)(H2,14,15,16,17,18).